The van der Waals surface area contributed by atoms with Crippen molar-refractivity contribution in [1.29, 1.82) is 0 Å². The molecule has 0 bridgehead atoms. The van der Waals surface area contributed by atoms with E-state index in [1.165, 1.54) is 6.07 Å². The zero-order valence-electron chi connectivity index (χ0n) is 19.9. The van der Waals surface area contributed by atoms with E-state index in [-0.39, 0.29) is 41.0 Å². The van der Waals surface area contributed by atoms with Crippen LogP contribution in [-0.2, 0) is 9.47 Å². The molecule has 0 spiro atoms. The molecule has 0 aliphatic carbocycles. The topological polar surface area (TPSA) is 157 Å². The SMILES string of the molecule is CCOC(=O)c1nc(-c2cc(Cl)nnc2N)nc(-c2c(C)ccc3c2cnn3C2CCCCO2)c1N. The molecule has 3 aromatic heterocycles. The minimum Gasteiger partial charge on any atom is -0.461 e. The van der Waals surface area contributed by atoms with E-state index >= 15 is 0 Å². The fraction of sp³-hybridized carbons (Fsp3) is 0.333. The van der Waals surface area contributed by atoms with Gasteiger partial charge in [-0.3, -0.25) is 0 Å². The van der Waals surface area contributed by atoms with Gasteiger partial charge in [-0.2, -0.15) is 5.10 Å². The molecule has 1 unspecified atom stereocenters. The van der Waals surface area contributed by atoms with Crippen molar-refractivity contribution in [1.82, 2.24) is 29.9 Å². The standard InChI is InChI=1S/C24H25ClN8O3/c1-3-35-24(34)21-19(26)20(29-23(30-21)13-10-16(25)31-32-22(13)27)18-12(2)7-8-15-14(18)11-28-33(15)17-6-4-5-9-36-17/h7-8,10-11,17H,3-6,9,26H2,1-2H3,(H2,27,32). The minimum atomic E-state index is -0.678. The number of aryl methyl sites for hydroxylation is 1. The van der Waals surface area contributed by atoms with Gasteiger partial charge in [0, 0.05) is 17.6 Å². The number of benzene rings is 1. The van der Waals surface area contributed by atoms with Crippen LogP contribution in [0.2, 0.25) is 5.15 Å². The molecule has 12 heteroatoms. The van der Waals surface area contributed by atoms with Crippen LogP contribution >= 0.6 is 11.6 Å². The van der Waals surface area contributed by atoms with Crippen molar-refractivity contribution in [3.05, 3.63) is 40.8 Å². The van der Waals surface area contributed by atoms with Crippen molar-refractivity contribution in [2.75, 3.05) is 24.7 Å². The molecule has 1 aliphatic rings. The summed E-state index contributed by atoms with van der Waals surface area (Å²) in [5.41, 5.74) is 15.7. The highest BCUT2D eigenvalue weighted by molar-refractivity contribution is 6.29. The summed E-state index contributed by atoms with van der Waals surface area (Å²) in [6.07, 6.45) is 4.60. The Morgan fingerprint density at radius 3 is 2.83 bits per heavy atom. The molecule has 4 N–H and O–H groups in total. The average molecular weight is 509 g/mol. The minimum absolute atomic E-state index is 0.0575. The van der Waals surface area contributed by atoms with Crippen LogP contribution in [0.15, 0.2) is 24.4 Å². The normalized spacial score (nSPS) is 15.8. The van der Waals surface area contributed by atoms with Crippen molar-refractivity contribution in [3.8, 4) is 22.6 Å². The highest BCUT2D eigenvalue weighted by atomic mass is 35.5. The number of anilines is 2. The third-order valence-electron chi connectivity index (χ3n) is 6.10. The quantitative estimate of drug-likeness (QED) is 0.378. The molecule has 1 saturated heterocycles. The fourth-order valence-corrected chi connectivity index (χ4v) is 4.53. The monoisotopic (exact) mass is 508 g/mol. The highest BCUT2D eigenvalue weighted by Gasteiger charge is 2.26. The number of rotatable bonds is 5. The second-order valence-electron chi connectivity index (χ2n) is 8.45. The third-order valence-corrected chi connectivity index (χ3v) is 6.29. The second kappa shape index (κ2) is 9.67. The Balaban J connectivity index is 1.76. The van der Waals surface area contributed by atoms with Gasteiger partial charge in [-0.15, -0.1) is 10.2 Å². The Labute approximate surface area is 211 Å². The number of ether oxygens (including phenoxy) is 2. The molecule has 186 valence electrons. The molecule has 1 atom stereocenters. The molecule has 0 saturated carbocycles. The summed E-state index contributed by atoms with van der Waals surface area (Å²) in [5, 5.41) is 13.1. The van der Waals surface area contributed by atoms with Gasteiger partial charge in [0.05, 0.1) is 35.3 Å². The molecular formula is C24H25ClN8O3. The van der Waals surface area contributed by atoms with Crippen molar-refractivity contribution in [2.45, 2.75) is 39.3 Å². The lowest BCUT2D eigenvalue weighted by Crippen LogP contribution is -2.19. The molecule has 36 heavy (non-hydrogen) atoms. The molecule has 1 aromatic carbocycles. The van der Waals surface area contributed by atoms with Crippen LogP contribution in [0.25, 0.3) is 33.5 Å². The molecule has 0 radical (unpaired) electrons. The molecule has 4 aromatic rings. The highest BCUT2D eigenvalue weighted by Crippen LogP contribution is 2.38. The number of nitrogens with zero attached hydrogens (tertiary/aromatic N) is 6. The number of halogens is 1. The number of hydrogen-bond donors (Lipinski definition) is 2. The van der Waals surface area contributed by atoms with Gasteiger partial charge >= 0.3 is 5.97 Å². The molecule has 1 fully saturated rings. The largest absolute Gasteiger partial charge is 0.461 e. The zero-order valence-corrected chi connectivity index (χ0v) is 20.6. The summed E-state index contributed by atoms with van der Waals surface area (Å²) in [6.45, 7) is 4.49. The van der Waals surface area contributed by atoms with Gasteiger partial charge in [-0.25, -0.2) is 19.4 Å². The van der Waals surface area contributed by atoms with Gasteiger partial charge in [0.2, 0.25) is 0 Å². The van der Waals surface area contributed by atoms with Crippen LogP contribution in [0, 0.1) is 6.92 Å². The maximum atomic E-state index is 12.8. The van der Waals surface area contributed by atoms with Crippen LogP contribution in [0.3, 0.4) is 0 Å². The summed E-state index contributed by atoms with van der Waals surface area (Å²) in [5.74, 6) is -0.499. The first-order valence-electron chi connectivity index (χ1n) is 11.6. The zero-order chi connectivity index (χ0) is 25.4. The Morgan fingerprint density at radius 2 is 2.08 bits per heavy atom. The van der Waals surface area contributed by atoms with Gasteiger partial charge in [0.25, 0.3) is 0 Å². The van der Waals surface area contributed by atoms with E-state index in [1.54, 1.807) is 13.1 Å². The summed E-state index contributed by atoms with van der Waals surface area (Å²) >= 11 is 6.06. The lowest BCUT2D eigenvalue weighted by atomic mass is 9.99. The first-order chi connectivity index (χ1) is 17.4. The molecule has 5 rings (SSSR count). The number of esters is 1. The Kier molecular flexibility index (Phi) is 6.42. The maximum Gasteiger partial charge on any atom is 0.359 e. The summed E-state index contributed by atoms with van der Waals surface area (Å²) < 4.78 is 13.1. The second-order valence-corrected chi connectivity index (χ2v) is 8.83. The molecule has 11 nitrogen and oxygen atoms in total. The van der Waals surface area contributed by atoms with Crippen molar-refractivity contribution in [3.63, 3.8) is 0 Å². The van der Waals surface area contributed by atoms with Crippen molar-refractivity contribution >= 4 is 40.0 Å². The number of nitrogens with two attached hydrogens (primary N) is 2. The number of carbonyl (C=O) groups excluding carboxylic acids is 1. The molecule has 0 amide bonds. The number of carbonyl (C=O) groups is 1. The smallest absolute Gasteiger partial charge is 0.359 e. The molecule has 1 aliphatic heterocycles. The van der Waals surface area contributed by atoms with Crippen LogP contribution < -0.4 is 11.5 Å². The van der Waals surface area contributed by atoms with Crippen LogP contribution in [0.1, 0.15) is 48.5 Å². The molecular weight excluding hydrogens is 484 g/mol. The predicted octanol–water partition coefficient (Wildman–Crippen LogP) is 3.95. The van der Waals surface area contributed by atoms with Crippen LogP contribution in [-0.4, -0.2) is 49.1 Å². The number of fused-ring (bicyclic) bond motifs is 1. The first-order valence-corrected chi connectivity index (χ1v) is 12.0. The van der Waals surface area contributed by atoms with Gasteiger partial charge < -0.3 is 20.9 Å². The number of hydrogen-bond acceptors (Lipinski definition) is 10. The lowest BCUT2D eigenvalue weighted by molar-refractivity contribution is -0.0366. The van der Waals surface area contributed by atoms with E-state index < -0.39 is 5.97 Å². The number of aromatic nitrogens is 6. The maximum absolute atomic E-state index is 12.8. The predicted molar refractivity (Wildman–Crippen MR) is 135 cm³/mol. The Hall–Kier alpha value is -3.83. The molecule has 4 heterocycles. The summed E-state index contributed by atoms with van der Waals surface area (Å²) in [6, 6.07) is 5.44. The Bertz CT molecular complexity index is 1470. The van der Waals surface area contributed by atoms with E-state index in [1.807, 2.05) is 23.7 Å². The van der Waals surface area contributed by atoms with E-state index in [9.17, 15) is 4.79 Å². The summed E-state index contributed by atoms with van der Waals surface area (Å²) in [4.78, 5) is 21.9. The number of nitrogen functional groups attached to an aromatic ring is 2. The van der Waals surface area contributed by atoms with Crippen molar-refractivity contribution < 1.29 is 14.3 Å². The van der Waals surface area contributed by atoms with E-state index in [0.29, 0.717) is 23.4 Å². The first kappa shape index (κ1) is 23.9. The third kappa shape index (κ3) is 4.20. The van der Waals surface area contributed by atoms with Gasteiger partial charge in [-0.05, 0) is 50.8 Å². The van der Waals surface area contributed by atoms with Gasteiger partial charge in [-0.1, -0.05) is 17.7 Å². The lowest BCUT2D eigenvalue weighted by Gasteiger charge is -2.23. The van der Waals surface area contributed by atoms with E-state index in [4.69, 9.17) is 37.5 Å². The van der Waals surface area contributed by atoms with E-state index in [2.05, 4.69) is 20.3 Å². The summed E-state index contributed by atoms with van der Waals surface area (Å²) in [7, 11) is 0. The average Bonchev–Trinajstić information content (AvgIpc) is 3.31. The van der Waals surface area contributed by atoms with Gasteiger partial charge in [0.1, 0.15) is 0 Å². The van der Waals surface area contributed by atoms with Crippen LogP contribution in [0.5, 0.6) is 0 Å². The Morgan fingerprint density at radius 1 is 1.25 bits per heavy atom. The van der Waals surface area contributed by atoms with E-state index in [0.717, 1.165) is 35.7 Å². The van der Waals surface area contributed by atoms with Crippen LogP contribution in [0.4, 0.5) is 11.5 Å². The van der Waals surface area contributed by atoms with Crippen molar-refractivity contribution in [2.24, 2.45) is 0 Å². The van der Waals surface area contributed by atoms with Gasteiger partial charge in [0.15, 0.2) is 28.7 Å². The fourth-order valence-electron chi connectivity index (χ4n) is 4.38.